The van der Waals surface area contributed by atoms with E-state index in [-0.39, 0.29) is 96.0 Å². The molecule has 2 aliphatic rings. The SMILES string of the molecule is OC(c1cc(C(F)(F)F)cc(C(F)(F)F)c1)(c1cc(C(F)(F)F)cc(C(F)(F)F)c1)c1cc2ccccc2c2c1C[N+]1(CCCCC1)Cc1c(C(O)(c3cc(C(F)(F)F)cc(C(F)(F)F)c3)c3cc(C(F)(F)F)cc(C(F)(F)F)c3)cc3ccccc3c1-2. The Labute approximate surface area is 480 Å². The number of halogens is 24. The molecular weight excluding hydrogens is 1230 g/mol. The highest BCUT2D eigenvalue weighted by atomic mass is 19.4. The fourth-order valence-corrected chi connectivity index (χ4v) is 12.2. The Morgan fingerprint density at radius 3 is 0.716 bits per heavy atom. The number of nitrogens with zero attached hydrogens (tertiary/aromatic N) is 1. The molecule has 10 rings (SSSR count). The summed E-state index contributed by atoms with van der Waals surface area (Å²) in [6, 6.07) is 8.48. The van der Waals surface area contributed by atoms with Gasteiger partial charge in [0.15, 0.2) is 0 Å². The summed E-state index contributed by atoms with van der Waals surface area (Å²) in [5.74, 6) is 0. The molecule has 8 aromatic rings. The summed E-state index contributed by atoms with van der Waals surface area (Å²) < 4.78 is 359. The lowest BCUT2D eigenvalue weighted by Gasteiger charge is -2.43. The van der Waals surface area contributed by atoms with Gasteiger partial charge in [-0.3, -0.25) is 0 Å². The van der Waals surface area contributed by atoms with Crippen molar-refractivity contribution in [2.45, 2.75) is 93.0 Å². The Morgan fingerprint density at radius 2 is 0.489 bits per heavy atom. The molecule has 8 aromatic carbocycles. The molecule has 0 radical (unpaired) electrons. The summed E-state index contributed by atoms with van der Waals surface area (Å²) in [7, 11) is 0. The predicted molar refractivity (Wildman–Crippen MR) is 268 cm³/mol. The lowest BCUT2D eigenvalue weighted by molar-refractivity contribution is -0.957. The van der Waals surface area contributed by atoms with Gasteiger partial charge in [-0.2, -0.15) is 105 Å². The number of hydrogen-bond donors (Lipinski definition) is 2. The first-order valence-electron chi connectivity index (χ1n) is 25.9. The molecule has 0 unspecified atom stereocenters. The van der Waals surface area contributed by atoms with Crippen LogP contribution in [0.15, 0.2) is 133 Å². The lowest BCUT2D eigenvalue weighted by atomic mass is 9.72. The maximum Gasteiger partial charge on any atom is 0.416 e. The minimum absolute atomic E-state index is 0.0985. The molecule has 1 saturated heterocycles. The van der Waals surface area contributed by atoms with E-state index < -0.39 is 203 Å². The number of piperidine rings is 1. The molecule has 1 spiro atoms. The molecule has 0 aromatic heterocycles. The number of hydrogen-bond acceptors (Lipinski definition) is 2. The molecule has 0 aliphatic carbocycles. The molecule has 1 fully saturated rings. The van der Waals surface area contributed by atoms with Crippen molar-refractivity contribution in [3.8, 4) is 11.1 Å². The topological polar surface area (TPSA) is 40.5 Å². The molecule has 0 bridgehead atoms. The predicted octanol–water partition coefficient (Wildman–Crippen LogP) is 19.4. The zero-order valence-corrected chi connectivity index (χ0v) is 44.1. The van der Waals surface area contributed by atoms with E-state index >= 15 is 0 Å². The first-order chi connectivity index (χ1) is 40.3. The highest BCUT2D eigenvalue weighted by Crippen LogP contribution is 2.56. The van der Waals surface area contributed by atoms with Crippen molar-refractivity contribution in [1.29, 1.82) is 0 Å². The summed E-state index contributed by atoms with van der Waals surface area (Å²) >= 11 is 0. The van der Waals surface area contributed by atoms with Crippen LogP contribution in [-0.2, 0) is 73.7 Å². The van der Waals surface area contributed by atoms with E-state index in [0.717, 1.165) is 24.3 Å². The van der Waals surface area contributed by atoms with E-state index in [0.29, 0.717) is 6.42 Å². The van der Waals surface area contributed by atoms with E-state index in [1.165, 1.54) is 36.4 Å². The van der Waals surface area contributed by atoms with Crippen molar-refractivity contribution < 1.29 is 120 Å². The summed E-state index contributed by atoms with van der Waals surface area (Å²) in [5.41, 5.74) is -36.6. The van der Waals surface area contributed by atoms with E-state index in [1.54, 1.807) is 0 Å². The number of benzene rings is 8. The summed E-state index contributed by atoms with van der Waals surface area (Å²) in [6.07, 6.45) is -46.1. The van der Waals surface area contributed by atoms with E-state index in [1.807, 2.05) is 0 Å². The van der Waals surface area contributed by atoms with Crippen LogP contribution in [0.25, 0.3) is 32.7 Å². The van der Waals surface area contributed by atoms with Crippen molar-refractivity contribution in [3.63, 3.8) is 0 Å². The molecule has 0 atom stereocenters. The molecule has 466 valence electrons. The van der Waals surface area contributed by atoms with Crippen molar-refractivity contribution >= 4 is 21.5 Å². The van der Waals surface area contributed by atoms with Gasteiger partial charge < -0.3 is 14.7 Å². The van der Waals surface area contributed by atoms with Crippen LogP contribution in [0, 0.1) is 0 Å². The fraction of sp³-hybridized carbons (Fsp3) is 0.279. The highest BCUT2D eigenvalue weighted by Gasteiger charge is 2.52. The second-order valence-electron chi connectivity index (χ2n) is 21.8. The molecule has 2 heterocycles. The van der Waals surface area contributed by atoms with Crippen molar-refractivity contribution in [3.05, 3.63) is 222 Å². The summed E-state index contributed by atoms with van der Waals surface area (Å²) in [5, 5.41) is 26.7. The lowest BCUT2D eigenvalue weighted by Crippen LogP contribution is -2.50. The smallest absolute Gasteiger partial charge is 0.376 e. The van der Waals surface area contributed by atoms with Gasteiger partial charge >= 0.3 is 49.4 Å². The molecule has 2 N–H and O–H groups in total. The largest absolute Gasteiger partial charge is 0.416 e. The molecular formula is C61H38F24NO2+. The minimum atomic E-state index is -5.82. The van der Waals surface area contributed by atoms with Crippen LogP contribution < -0.4 is 0 Å². The average molecular weight is 1270 g/mol. The van der Waals surface area contributed by atoms with Crippen molar-refractivity contribution in [2.24, 2.45) is 0 Å². The molecule has 3 nitrogen and oxygen atoms in total. The van der Waals surface area contributed by atoms with Crippen molar-refractivity contribution in [2.75, 3.05) is 13.1 Å². The Bertz CT molecular complexity index is 3520. The van der Waals surface area contributed by atoms with Crippen LogP contribution in [0.1, 0.15) is 108 Å². The Balaban J connectivity index is 1.48. The quantitative estimate of drug-likeness (QED) is 0.0990. The Hall–Kier alpha value is -7.52. The van der Waals surface area contributed by atoms with E-state index in [2.05, 4.69) is 0 Å². The van der Waals surface area contributed by atoms with Gasteiger partial charge in [-0.05, 0) is 159 Å². The van der Waals surface area contributed by atoms with Gasteiger partial charge in [-0.15, -0.1) is 0 Å². The Kier molecular flexibility index (Phi) is 15.0. The third kappa shape index (κ3) is 11.5. The zero-order valence-electron chi connectivity index (χ0n) is 44.1. The van der Waals surface area contributed by atoms with Crippen LogP contribution in [0.2, 0.25) is 0 Å². The number of quaternary nitrogens is 1. The molecule has 0 saturated carbocycles. The number of fused-ring (bicyclic) bond motifs is 7. The number of rotatable bonds is 6. The molecule has 88 heavy (non-hydrogen) atoms. The van der Waals surface area contributed by atoms with Crippen LogP contribution in [0.4, 0.5) is 105 Å². The van der Waals surface area contributed by atoms with Gasteiger partial charge in [0.2, 0.25) is 0 Å². The van der Waals surface area contributed by atoms with Gasteiger partial charge in [-0.25, -0.2) is 0 Å². The van der Waals surface area contributed by atoms with Gasteiger partial charge in [0.05, 0.1) is 57.6 Å². The standard InChI is InChI=1S/C61H38F24NO2/c62-54(63,64)36-16-32(17-37(24-36)55(65,66)67)52(87,33-18-38(56(68,69)70)25-39(19-33)57(71,72)73)48-14-30-8-2-4-10-44(30)50-46(48)28-86(12-6-1-7-13-86)29-47-49(15-31-9-3-5-11-45(31)51(47)50)53(88,34-20-40(58(74,75)76)26-41(21-34)59(77,78)79)35-22-42(60(80,81)82)27-43(23-35)61(83,84)85/h2-5,8-11,14-27,87-88H,1,6-7,12-13,28-29H2/q+1. The van der Waals surface area contributed by atoms with E-state index in [4.69, 9.17) is 0 Å². The maximum atomic E-state index is 15.0. The number of alkyl halides is 24. The highest BCUT2D eigenvalue weighted by molar-refractivity contribution is 6.09. The normalized spacial score (nSPS) is 15.8. The monoisotopic (exact) mass is 1270 g/mol. The molecule has 27 heteroatoms. The third-order valence-electron chi connectivity index (χ3n) is 16.1. The zero-order chi connectivity index (χ0) is 64.7. The van der Waals surface area contributed by atoms with Crippen LogP contribution in [-0.4, -0.2) is 27.8 Å². The molecule has 2 aliphatic heterocycles. The first-order valence-corrected chi connectivity index (χ1v) is 25.9. The second-order valence-corrected chi connectivity index (χ2v) is 21.8. The van der Waals surface area contributed by atoms with Crippen LogP contribution in [0.5, 0.6) is 0 Å². The Morgan fingerprint density at radius 1 is 0.273 bits per heavy atom. The number of aliphatic hydroxyl groups is 2. The summed E-state index contributed by atoms with van der Waals surface area (Å²) in [4.78, 5) is 0. The average Bonchev–Trinajstić information content (AvgIpc) is 1.22. The van der Waals surface area contributed by atoms with Gasteiger partial charge in [-0.1, -0.05) is 48.5 Å². The fourth-order valence-electron chi connectivity index (χ4n) is 12.2. The van der Waals surface area contributed by atoms with Gasteiger partial charge in [0, 0.05) is 22.3 Å². The third-order valence-corrected chi connectivity index (χ3v) is 16.1. The molecule has 0 amide bonds. The van der Waals surface area contributed by atoms with Gasteiger partial charge in [0.25, 0.3) is 0 Å². The second kappa shape index (κ2) is 20.8. The maximum absolute atomic E-state index is 15.0. The van der Waals surface area contributed by atoms with Gasteiger partial charge in [0.1, 0.15) is 24.3 Å². The van der Waals surface area contributed by atoms with E-state index in [9.17, 15) is 116 Å². The first kappa shape index (κ1) is 63.5. The summed E-state index contributed by atoms with van der Waals surface area (Å²) in [6.45, 7) is -1.94. The minimum Gasteiger partial charge on any atom is -0.376 e. The van der Waals surface area contributed by atoms with Crippen LogP contribution in [0.3, 0.4) is 0 Å². The van der Waals surface area contributed by atoms with Crippen molar-refractivity contribution in [1.82, 2.24) is 0 Å². The van der Waals surface area contributed by atoms with Crippen LogP contribution >= 0.6 is 0 Å².